The number of benzene rings is 3. The van der Waals surface area contributed by atoms with E-state index < -0.39 is 85.0 Å². The molecule has 3 aromatic carbocycles. The Kier molecular flexibility index (Phi) is 12.9. The monoisotopic (exact) mass is 758 g/mol. The third-order valence-corrected chi connectivity index (χ3v) is 11.3. The maximum Gasteiger partial charge on any atom is 0.329 e. The SMILES string of the molecule is NC(=O)CC1NC(=O)C2(CCCCC2)NC(=O)[C@@H](CC(=O)O)[C@@H](c2ccc(CP(=O)(O)O)cc2)/C=C/CC(c2ccccc2)(c2ccccc2)CNC1=O. The Labute approximate surface area is 314 Å². The first-order valence-corrected chi connectivity index (χ1v) is 19.8. The van der Waals surface area contributed by atoms with Crippen LogP contribution in [0.2, 0.25) is 0 Å². The van der Waals surface area contributed by atoms with Crippen molar-refractivity contribution < 1.29 is 43.4 Å². The van der Waals surface area contributed by atoms with Crippen LogP contribution in [0.5, 0.6) is 0 Å². The standard InChI is InChI=1S/C40H47N4O9P/c41-34(45)24-33-37(49)42-26-39(29-11-4-1-5-12-29,30-13-6-2-7-14-30)20-10-15-31(28-18-16-27(17-19-28)25-54(51,52)53)32(23-35(46)47)36(48)44-40(38(50)43-33)21-8-3-9-22-40/h1-2,4-7,10-19,31-33H,3,8-9,20-26H2,(H2,41,45)(H,42,49)(H,43,50)(H,44,48)(H,46,47)(H2,51,52,53)/b15-10+/t31-,32+,33?/m1/s1. The van der Waals surface area contributed by atoms with Gasteiger partial charge in [-0.05, 0) is 41.5 Å². The van der Waals surface area contributed by atoms with E-state index >= 15 is 0 Å². The molecule has 2 aliphatic rings. The first-order valence-electron chi connectivity index (χ1n) is 18.0. The van der Waals surface area contributed by atoms with Crippen LogP contribution in [-0.4, -0.2) is 62.6 Å². The van der Waals surface area contributed by atoms with Crippen LogP contribution in [0.25, 0.3) is 0 Å². The number of primary amides is 1. The first kappa shape index (κ1) is 40.1. The number of carboxylic acids is 1. The van der Waals surface area contributed by atoms with Crippen molar-refractivity contribution in [1.29, 1.82) is 0 Å². The molecule has 3 atom stereocenters. The smallest absolute Gasteiger partial charge is 0.329 e. The number of hydrogen-bond acceptors (Lipinski definition) is 6. The zero-order valence-electron chi connectivity index (χ0n) is 29.9. The summed E-state index contributed by atoms with van der Waals surface area (Å²) in [5, 5.41) is 18.8. The molecule has 1 aliphatic heterocycles. The molecule has 1 saturated carbocycles. The summed E-state index contributed by atoms with van der Waals surface area (Å²) < 4.78 is 11.7. The Morgan fingerprint density at radius 3 is 1.94 bits per heavy atom. The maximum atomic E-state index is 14.5. The van der Waals surface area contributed by atoms with Crippen LogP contribution >= 0.6 is 7.60 Å². The lowest BCUT2D eigenvalue weighted by molar-refractivity contribution is -0.143. The van der Waals surface area contributed by atoms with Gasteiger partial charge in [0.15, 0.2) is 0 Å². The number of aliphatic carboxylic acids is 1. The van der Waals surface area contributed by atoms with Crippen LogP contribution in [-0.2, 0) is 40.1 Å². The van der Waals surface area contributed by atoms with Crippen molar-refractivity contribution in [2.75, 3.05) is 6.54 Å². The molecular formula is C40H47N4O9P. The Hall–Kier alpha value is -5.10. The van der Waals surface area contributed by atoms with E-state index in [1.165, 1.54) is 12.1 Å². The molecule has 1 aliphatic carbocycles. The second-order valence-electron chi connectivity index (χ2n) is 14.3. The first-order chi connectivity index (χ1) is 25.7. The molecule has 0 radical (unpaired) electrons. The molecule has 1 fully saturated rings. The molecule has 14 heteroatoms. The van der Waals surface area contributed by atoms with Gasteiger partial charge in [0.25, 0.3) is 0 Å². The molecule has 286 valence electrons. The van der Waals surface area contributed by atoms with E-state index in [2.05, 4.69) is 16.0 Å². The molecule has 1 unspecified atom stereocenters. The lowest BCUT2D eigenvalue weighted by Crippen LogP contribution is -2.64. The quantitative estimate of drug-likeness (QED) is 0.124. The molecule has 54 heavy (non-hydrogen) atoms. The van der Waals surface area contributed by atoms with E-state index in [4.69, 9.17) is 5.73 Å². The topological polar surface area (TPSA) is 225 Å². The minimum atomic E-state index is -4.38. The van der Waals surface area contributed by atoms with E-state index in [0.29, 0.717) is 24.0 Å². The predicted octanol–water partition coefficient (Wildman–Crippen LogP) is 3.78. The molecule has 8 N–H and O–H groups in total. The van der Waals surface area contributed by atoms with Gasteiger partial charge in [0, 0.05) is 17.9 Å². The van der Waals surface area contributed by atoms with Crippen LogP contribution in [0.15, 0.2) is 97.1 Å². The summed E-state index contributed by atoms with van der Waals surface area (Å²) >= 11 is 0. The summed E-state index contributed by atoms with van der Waals surface area (Å²) in [6, 6.07) is 23.9. The number of rotatable bonds is 9. The molecular weight excluding hydrogens is 711 g/mol. The summed E-state index contributed by atoms with van der Waals surface area (Å²) in [6.07, 6.45) is 4.66. The Balaban J connectivity index is 1.70. The van der Waals surface area contributed by atoms with E-state index in [9.17, 15) is 43.4 Å². The Bertz CT molecular complexity index is 1850. The van der Waals surface area contributed by atoms with Gasteiger partial charge in [0.05, 0.1) is 24.9 Å². The maximum absolute atomic E-state index is 14.5. The molecule has 5 rings (SSSR count). The second-order valence-corrected chi connectivity index (χ2v) is 15.9. The number of nitrogens with one attached hydrogen (secondary N) is 3. The average molecular weight is 759 g/mol. The predicted molar refractivity (Wildman–Crippen MR) is 201 cm³/mol. The molecule has 0 saturated heterocycles. The zero-order chi connectivity index (χ0) is 38.9. The van der Waals surface area contributed by atoms with Gasteiger partial charge in [-0.15, -0.1) is 0 Å². The van der Waals surface area contributed by atoms with Gasteiger partial charge in [0.1, 0.15) is 11.6 Å². The highest BCUT2D eigenvalue weighted by molar-refractivity contribution is 7.50. The van der Waals surface area contributed by atoms with Gasteiger partial charge in [-0.3, -0.25) is 28.5 Å². The number of amides is 4. The molecule has 1 heterocycles. The van der Waals surface area contributed by atoms with Crippen molar-refractivity contribution >= 4 is 37.2 Å². The Morgan fingerprint density at radius 2 is 1.41 bits per heavy atom. The molecule has 13 nitrogen and oxygen atoms in total. The van der Waals surface area contributed by atoms with Gasteiger partial charge in [-0.2, -0.15) is 0 Å². The second kappa shape index (κ2) is 17.4. The summed E-state index contributed by atoms with van der Waals surface area (Å²) in [5.41, 5.74) is 5.69. The number of carbonyl (C=O) groups is 5. The summed E-state index contributed by atoms with van der Waals surface area (Å²) in [6.45, 7) is 0.0257. The van der Waals surface area contributed by atoms with Crippen molar-refractivity contribution in [2.24, 2.45) is 11.7 Å². The molecule has 4 amide bonds. The average Bonchev–Trinajstić information content (AvgIpc) is 3.14. The van der Waals surface area contributed by atoms with Gasteiger partial charge in [-0.25, -0.2) is 0 Å². The largest absolute Gasteiger partial charge is 0.481 e. The van der Waals surface area contributed by atoms with Gasteiger partial charge in [0.2, 0.25) is 23.6 Å². The minimum absolute atomic E-state index is 0.0257. The van der Waals surface area contributed by atoms with E-state index in [-0.39, 0.29) is 25.8 Å². The van der Waals surface area contributed by atoms with Crippen molar-refractivity contribution in [3.63, 3.8) is 0 Å². The number of hydrogen-bond donors (Lipinski definition) is 7. The normalized spacial score (nSPS) is 22.8. The number of carbonyl (C=O) groups excluding carboxylic acids is 4. The molecule has 3 aromatic rings. The summed E-state index contributed by atoms with van der Waals surface area (Å²) in [4.78, 5) is 86.6. The van der Waals surface area contributed by atoms with Gasteiger partial charge < -0.3 is 36.6 Å². The van der Waals surface area contributed by atoms with E-state index in [1.807, 2.05) is 66.7 Å². The van der Waals surface area contributed by atoms with Gasteiger partial charge in [-0.1, -0.05) is 116 Å². The lowest BCUT2D eigenvalue weighted by atomic mass is 9.71. The number of carboxylic acid groups (broad SMARTS) is 1. The van der Waals surface area contributed by atoms with Crippen LogP contribution in [0.3, 0.4) is 0 Å². The highest BCUT2D eigenvalue weighted by Gasteiger charge is 2.45. The third kappa shape index (κ3) is 9.90. The molecule has 0 aromatic heterocycles. The zero-order valence-corrected chi connectivity index (χ0v) is 30.8. The van der Waals surface area contributed by atoms with Crippen molar-refractivity contribution in [2.45, 2.75) is 80.4 Å². The van der Waals surface area contributed by atoms with Crippen LogP contribution in [0.4, 0.5) is 0 Å². The highest BCUT2D eigenvalue weighted by atomic mass is 31.2. The third-order valence-electron chi connectivity index (χ3n) is 10.5. The van der Waals surface area contributed by atoms with Crippen molar-refractivity contribution in [3.8, 4) is 0 Å². The fourth-order valence-corrected chi connectivity index (χ4v) is 8.39. The Morgan fingerprint density at radius 1 is 0.815 bits per heavy atom. The number of nitrogens with two attached hydrogens (primary N) is 1. The minimum Gasteiger partial charge on any atom is -0.481 e. The van der Waals surface area contributed by atoms with E-state index in [0.717, 1.165) is 17.5 Å². The van der Waals surface area contributed by atoms with Gasteiger partial charge >= 0.3 is 13.6 Å². The fourth-order valence-electron chi connectivity index (χ4n) is 7.70. The van der Waals surface area contributed by atoms with E-state index in [1.54, 1.807) is 18.2 Å². The van der Waals surface area contributed by atoms with Crippen molar-refractivity contribution in [1.82, 2.24) is 16.0 Å². The van der Waals surface area contributed by atoms with Crippen LogP contribution < -0.4 is 21.7 Å². The highest BCUT2D eigenvalue weighted by Crippen LogP contribution is 2.41. The fraction of sp³-hybridized carbons (Fsp3) is 0.375. The summed E-state index contributed by atoms with van der Waals surface area (Å²) in [5.74, 6) is -6.14. The molecule has 0 bridgehead atoms. The lowest BCUT2D eigenvalue weighted by Gasteiger charge is -2.39. The van der Waals surface area contributed by atoms with Crippen LogP contribution in [0.1, 0.15) is 79.5 Å². The summed E-state index contributed by atoms with van der Waals surface area (Å²) in [7, 11) is -4.38. The van der Waals surface area contributed by atoms with Crippen LogP contribution in [0, 0.1) is 5.92 Å². The number of allylic oxidation sites excluding steroid dienone is 2. The van der Waals surface area contributed by atoms with Crippen molar-refractivity contribution in [3.05, 3.63) is 119 Å². The molecule has 1 spiro atoms.